The average Bonchev–Trinajstić information content (AvgIpc) is 2.56. The fraction of sp³-hybridized carbons (Fsp3) is 0.273. The van der Waals surface area contributed by atoms with Gasteiger partial charge in [0.2, 0.25) is 0 Å². The molecule has 0 N–H and O–H groups in total. The van der Waals surface area contributed by atoms with Crippen molar-refractivity contribution in [2.75, 3.05) is 7.11 Å². The van der Waals surface area contributed by atoms with Crippen molar-refractivity contribution in [3.8, 4) is 11.8 Å². The summed E-state index contributed by atoms with van der Waals surface area (Å²) in [5.41, 5.74) is 1.88. The third kappa shape index (κ3) is 1.52. The molecule has 0 unspecified atom stereocenters. The van der Waals surface area contributed by atoms with Crippen molar-refractivity contribution in [1.29, 1.82) is 5.26 Å². The summed E-state index contributed by atoms with van der Waals surface area (Å²) in [5, 5.41) is 8.64. The van der Waals surface area contributed by atoms with Gasteiger partial charge < -0.3 is 9.30 Å². The van der Waals surface area contributed by atoms with E-state index in [1.807, 2.05) is 29.8 Å². The lowest BCUT2D eigenvalue weighted by molar-refractivity contribution is 0.415. The molecule has 0 spiro atoms. The van der Waals surface area contributed by atoms with Gasteiger partial charge in [-0.25, -0.2) is 4.98 Å². The number of methoxy groups -OCH3 is 1. The first-order chi connectivity index (χ1) is 7.26. The van der Waals surface area contributed by atoms with Crippen molar-refractivity contribution < 1.29 is 4.74 Å². The van der Waals surface area contributed by atoms with Gasteiger partial charge in [-0.15, -0.1) is 0 Å². The standard InChI is InChI=1S/C11H11N3O/c1-14-10-7-8(15-2)3-4-9(10)13-11(14)5-6-12/h3-4,7H,5H2,1-2H3. The molecule has 1 aromatic carbocycles. The minimum atomic E-state index is 0.327. The van der Waals surface area contributed by atoms with E-state index in [4.69, 9.17) is 10.00 Å². The van der Waals surface area contributed by atoms with E-state index in [0.717, 1.165) is 22.6 Å². The number of nitriles is 1. The summed E-state index contributed by atoms with van der Waals surface area (Å²) >= 11 is 0. The molecule has 1 aromatic heterocycles. The molecule has 0 aliphatic carbocycles. The molecule has 4 nitrogen and oxygen atoms in total. The van der Waals surface area contributed by atoms with Gasteiger partial charge in [0.1, 0.15) is 11.6 Å². The van der Waals surface area contributed by atoms with Crippen LogP contribution in [0.5, 0.6) is 5.75 Å². The van der Waals surface area contributed by atoms with E-state index in [2.05, 4.69) is 11.1 Å². The largest absolute Gasteiger partial charge is 0.497 e. The van der Waals surface area contributed by atoms with Gasteiger partial charge in [0.15, 0.2) is 0 Å². The van der Waals surface area contributed by atoms with E-state index in [-0.39, 0.29) is 0 Å². The van der Waals surface area contributed by atoms with Crippen molar-refractivity contribution in [2.45, 2.75) is 6.42 Å². The lowest BCUT2D eigenvalue weighted by atomic mass is 10.3. The molecule has 4 heteroatoms. The van der Waals surface area contributed by atoms with Crippen LogP contribution < -0.4 is 4.74 Å². The number of nitrogens with zero attached hydrogens (tertiary/aromatic N) is 3. The number of aryl methyl sites for hydroxylation is 1. The second-order valence-electron chi connectivity index (χ2n) is 3.28. The molecule has 0 aliphatic heterocycles. The Morgan fingerprint density at radius 1 is 1.53 bits per heavy atom. The lowest BCUT2D eigenvalue weighted by Crippen LogP contribution is -1.95. The fourth-order valence-electron chi connectivity index (χ4n) is 1.58. The third-order valence-corrected chi connectivity index (χ3v) is 2.42. The second-order valence-corrected chi connectivity index (χ2v) is 3.28. The highest BCUT2D eigenvalue weighted by atomic mass is 16.5. The smallest absolute Gasteiger partial charge is 0.123 e. The predicted octanol–water partition coefficient (Wildman–Crippen LogP) is 1.65. The highest BCUT2D eigenvalue weighted by Crippen LogP contribution is 2.20. The van der Waals surface area contributed by atoms with Crippen LogP contribution in [0.4, 0.5) is 0 Å². The monoisotopic (exact) mass is 201 g/mol. The van der Waals surface area contributed by atoms with Gasteiger partial charge >= 0.3 is 0 Å². The van der Waals surface area contributed by atoms with Crippen LogP contribution in [-0.4, -0.2) is 16.7 Å². The molecular weight excluding hydrogens is 190 g/mol. The Morgan fingerprint density at radius 3 is 3.00 bits per heavy atom. The van der Waals surface area contributed by atoms with Crippen molar-refractivity contribution in [3.63, 3.8) is 0 Å². The summed E-state index contributed by atoms with van der Waals surface area (Å²) in [7, 11) is 3.54. The third-order valence-electron chi connectivity index (χ3n) is 2.42. The fourth-order valence-corrected chi connectivity index (χ4v) is 1.58. The number of aromatic nitrogens is 2. The molecule has 0 bridgehead atoms. The number of hydrogen-bond donors (Lipinski definition) is 0. The molecule has 0 saturated carbocycles. The van der Waals surface area contributed by atoms with Gasteiger partial charge in [-0.3, -0.25) is 0 Å². The molecule has 0 atom stereocenters. The molecule has 1 heterocycles. The Balaban J connectivity index is 2.62. The number of rotatable bonds is 2. The molecule has 2 rings (SSSR count). The van der Waals surface area contributed by atoms with Crippen LogP contribution >= 0.6 is 0 Å². The quantitative estimate of drug-likeness (QED) is 0.742. The number of ether oxygens (including phenoxy) is 1. The van der Waals surface area contributed by atoms with Crippen molar-refractivity contribution in [3.05, 3.63) is 24.0 Å². The zero-order valence-corrected chi connectivity index (χ0v) is 8.69. The SMILES string of the molecule is COc1ccc2nc(CC#N)n(C)c2c1. The van der Waals surface area contributed by atoms with Crippen LogP contribution in [0, 0.1) is 11.3 Å². The van der Waals surface area contributed by atoms with Gasteiger partial charge in [-0.05, 0) is 12.1 Å². The molecule has 76 valence electrons. The van der Waals surface area contributed by atoms with Crippen LogP contribution in [0.3, 0.4) is 0 Å². The molecular formula is C11H11N3O. The average molecular weight is 201 g/mol. The summed E-state index contributed by atoms with van der Waals surface area (Å²) in [6, 6.07) is 7.78. The molecule has 2 aromatic rings. The maximum atomic E-state index is 8.64. The number of imidazole rings is 1. The first-order valence-corrected chi connectivity index (χ1v) is 4.62. The van der Waals surface area contributed by atoms with Crippen LogP contribution in [0.25, 0.3) is 11.0 Å². The van der Waals surface area contributed by atoms with Crippen molar-refractivity contribution in [2.24, 2.45) is 7.05 Å². The van der Waals surface area contributed by atoms with E-state index in [9.17, 15) is 0 Å². The van der Waals surface area contributed by atoms with E-state index in [1.54, 1.807) is 7.11 Å². The molecule has 0 saturated heterocycles. The summed E-state index contributed by atoms with van der Waals surface area (Å²) in [4.78, 5) is 4.36. The zero-order valence-electron chi connectivity index (χ0n) is 8.69. The first kappa shape index (κ1) is 9.53. The molecule has 0 aliphatic rings. The second kappa shape index (κ2) is 3.62. The Hall–Kier alpha value is -2.02. The van der Waals surface area contributed by atoms with Gasteiger partial charge in [0, 0.05) is 13.1 Å². The van der Waals surface area contributed by atoms with Gasteiger partial charge in [0.25, 0.3) is 0 Å². The van der Waals surface area contributed by atoms with Crippen molar-refractivity contribution >= 4 is 11.0 Å². The molecule has 15 heavy (non-hydrogen) atoms. The number of benzene rings is 1. The summed E-state index contributed by atoms with van der Waals surface area (Å²) in [6.45, 7) is 0. The summed E-state index contributed by atoms with van der Waals surface area (Å²) in [6.07, 6.45) is 0.327. The lowest BCUT2D eigenvalue weighted by Gasteiger charge is -2.00. The van der Waals surface area contributed by atoms with E-state index >= 15 is 0 Å². The Morgan fingerprint density at radius 2 is 2.33 bits per heavy atom. The molecule has 0 radical (unpaired) electrons. The van der Waals surface area contributed by atoms with Crippen LogP contribution in [-0.2, 0) is 13.5 Å². The van der Waals surface area contributed by atoms with Gasteiger partial charge in [0.05, 0.1) is 30.6 Å². The number of fused-ring (bicyclic) bond motifs is 1. The zero-order chi connectivity index (χ0) is 10.8. The highest BCUT2D eigenvalue weighted by molar-refractivity contribution is 5.77. The van der Waals surface area contributed by atoms with Crippen LogP contribution in [0.1, 0.15) is 5.82 Å². The number of hydrogen-bond acceptors (Lipinski definition) is 3. The summed E-state index contributed by atoms with van der Waals surface area (Å²) in [5.74, 6) is 1.58. The highest BCUT2D eigenvalue weighted by Gasteiger charge is 2.07. The minimum absolute atomic E-state index is 0.327. The van der Waals surface area contributed by atoms with Gasteiger partial charge in [-0.2, -0.15) is 5.26 Å². The van der Waals surface area contributed by atoms with E-state index in [0.29, 0.717) is 6.42 Å². The van der Waals surface area contributed by atoms with Crippen molar-refractivity contribution in [1.82, 2.24) is 9.55 Å². The Bertz CT molecular complexity index is 536. The predicted molar refractivity (Wildman–Crippen MR) is 56.6 cm³/mol. The van der Waals surface area contributed by atoms with E-state index < -0.39 is 0 Å². The minimum Gasteiger partial charge on any atom is -0.497 e. The summed E-state index contributed by atoms with van der Waals surface area (Å²) < 4.78 is 7.06. The topological polar surface area (TPSA) is 50.8 Å². The maximum Gasteiger partial charge on any atom is 0.123 e. The van der Waals surface area contributed by atoms with Gasteiger partial charge in [-0.1, -0.05) is 0 Å². The Labute approximate surface area is 87.7 Å². The Kier molecular flexibility index (Phi) is 2.30. The van der Waals surface area contributed by atoms with E-state index in [1.165, 1.54) is 0 Å². The first-order valence-electron chi connectivity index (χ1n) is 4.62. The molecule has 0 amide bonds. The van der Waals surface area contributed by atoms with Crippen LogP contribution in [0.15, 0.2) is 18.2 Å². The molecule has 0 fully saturated rings. The van der Waals surface area contributed by atoms with Crippen LogP contribution in [0.2, 0.25) is 0 Å². The maximum absolute atomic E-state index is 8.64. The normalized spacial score (nSPS) is 10.2.